The van der Waals surface area contributed by atoms with Crippen LogP contribution in [0.2, 0.25) is 0 Å². The van der Waals surface area contributed by atoms with Crippen LogP contribution in [0.4, 0.5) is 11.9 Å². The fraction of sp³-hybridized carbons (Fsp3) is 0.538. The molecule has 2 aromatic rings. The maximum Gasteiger partial charge on any atom is 0.257 e. The van der Waals surface area contributed by atoms with E-state index in [1.165, 1.54) is 0 Å². The van der Waals surface area contributed by atoms with Crippen molar-refractivity contribution in [1.29, 1.82) is 0 Å². The molecule has 0 aliphatic carbocycles. The standard InChI is InChI=1S/C13H22N8/c1-10(2)20(4)9-7-15-12-17-11(14-3)18-13(19-12)21-8-5-6-16-21/h5-6,8,10H,7,9H2,1-4H3,(H2,14,15,17,18,19). The molecule has 2 N–H and O–H groups in total. The largest absolute Gasteiger partial charge is 0.357 e. The van der Waals surface area contributed by atoms with Crippen LogP contribution in [0.5, 0.6) is 0 Å². The minimum atomic E-state index is 0.485. The summed E-state index contributed by atoms with van der Waals surface area (Å²) in [5, 5.41) is 10.3. The summed E-state index contributed by atoms with van der Waals surface area (Å²) in [5.41, 5.74) is 0. The number of rotatable bonds is 7. The molecular weight excluding hydrogens is 268 g/mol. The van der Waals surface area contributed by atoms with Crippen LogP contribution in [0.3, 0.4) is 0 Å². The molecule has 0 unspecified atom stereocenters. The summed E-state index contributed by atoms with van der Waals surface area (Å²) < 4.78 is 1.61. The summed E-state index contributed by atoms with van der Waals surface area (Å²) >= 11 is 0. The molecule has 21 heavy (non-hydrogen) atoms. The Balaban J connectivity index is 2.07. The SMILES string of the molecule is CNc1nc(NCCN(C)C(C)C)nc(-n2cccn2)n1. The molecule has 0 atom stereocenters. The Morgan fingerprint density at radius 1 is 1.24 bits per heavy atom. The van der Waals surface area contributed by atoms with Gasteiger partial charge in [0.2, 0.25) is 11.9 Å². The smallest absolute Gasteiger partial charge is 0.257 e. The zero-order valence-electron chi connectivity index (χ0n) is 12.9. The fourth-order valence-electron chi connectivity index (χ4n) is 1.65. The molecule has 0 aliphatic heterocycles. The van der Waals surface area contributed by atoms with E-state index in [1.54, 1.807) is 24.1 Å². The van der Waals surface area contributed by atoms with E-state index in [0.29, 0.717) is 23.9 Å². The number of hydrogen-bond donors (Lipinski definition) is 2. The van der Waals surface area contributed by atoms with E-state index in [-0.39, 0.29) is 0 Å². The Hall–Kier alpha value is -2.22. The van der Waals surface area contributed by atoms with Crippen molar-refractivity contribution in [3.05, 3.63) is 18.5 Å². The lowest BCUT2D eigenvalue weighted by atomic mass is 10.3. The Morgan fingerprint density at radius 3 is 2.62 bits per heavy atom. The van der Waals surface area contributed by atoms with Crippen molar-refractivity contribution >= 4 is 11.9 Å². The van der Waals surface area contributed by atoms with Crippen molar-refractivity contribution in [1.82, 2.24) is 29.6 Å². The van der Waals surface area contributed by atoms with Gasteiger partial charge in [0.15, 0.2) is 0 Å². The van der Waals surface area contributed by atoms with E-state index in [0.717, 1.165) is 13.1 Å². The molecule has 8 nitrogen and oxygen atoms in total. The second-order valence-electron chi connectivity index (χ2n) is 4.98. The lowest BCUT2D eigenvalue weighted by Crippen LogP contribution is -2.31. The summed E-state index contributed by atoms with van der Waals surface area (Å²) in [4.78, 5) is 15.2. The van der Waals surface area contributed by atoms with Gasteiger partial charge in [-0.05, 0) is 27.0 Å². The molecule has 0 radical (unpaired) electrons. The van der Waals surface area contributed by atoms with Crippen molar-refractivity contribution in [3.8, 4) is 5.95 Å². The van der Waals surface area contributed by atoms with Crippen molar-refractivity contribution in [2.75, 3.05) is 37.8 Å². The van der Waals surface area contributed by atoms with Gasteiger partial charge in [0, 0.05) is 38.6 Å². The van der Waals surface area contributed by atoms with Gasteiger partial charge < -0.3 is 15.5 Å². The maximum atomic E-state index is 4.37. The highest BCUT2D eigenvalue weighted by molar-refractivity contribution is 5.37. The first kappa shape index (κ1) is 15.2. The maximum absolute atomic E-state index is 4.37. The topological polar surface area (TPSA) is 83.8 Å². The monoisotopic (exact) mass is 290 g/mol. The fourth-order valence-corrected chi connectivity index (χ4v) is 1.65. The van der Waals surface area contributed by atoms with Crippen molar-refractivity contribution in [3.63, 3.8) is 0 Å². The van der Waals surface area contributed by atoms with E-state index in [9.17, 15) is 0 Å². The van der Waals surface area contributed by atoms with E-state index >= 15 is 0 Å². The van der Waals surface area contributed by atoms with E-state index < -0.39 is 0 Å². The molecule has 2 rings (SSSR count). The highest BCUT2D eigenvalue weighted by atomic mass is 15.4. The Morgan fingerprint density at radius 2 is 2.00 bits per heavy atom. The van der Waals surface area contributed by atoms with Gasteiger partial charge in [-0.1, -0.05) is 0 Å². The van der Waals surface area contributed by atoms with Crippen LogP contribution in [0.1, 0.15) is 13.8 Å². The third-order valence-corrected chi connectivity index (χ3v) is 3.19. The van der Waals surface area contributed by atoms with Crippen LogP contribution in [0, 0.1) is 0 Å². The quantitative estimate of drug-likeness (QED) is 0.782. The molecule has 2 heterocycles. The van der Waals surface area contributed by atoms with E-state index in [4.69, 9.17) is 0 Å². The first-order valence-corrected chi connectivity index (χ1v) is 6.98. The average Bonchev–Trinajstić information content (AvgIpc) is 3.01. The Bertz CT molecular complexity index is 551. The normalized spacial score (nSPS) is 11.1. The first-order valence-electron chi connectivity index (χ1n) is 6.98. The van der Waals surface area contributed by atoms with Gasteiger partial charge in [0.05, 0.1) is 0 Å². The minimum Gasteiger partial charge on any atom is -0.357 e. The van der Waals surface area contributed by atoms with Gasteiger partial charge in [0.25, 0.3) is 5.95 Å². The predicted octanol–water partition coefficient (Wildman–Crippen LogP) is 0.851. The summed E-state index contributed by atoms with van der Waals surface area (Å²) in [6, 6.07) is 2.34. The van der Waals surface area contributed by atoms with Crippen molar-refractivity contribution < 1.29 is 0 Å². The minimum absolute atomic E-state index is 0.485. The first-order chi connectivity index (χ1) is 10.1. The summed E-state index contributed by atoms with van der Waals surface area (Å²) in [5.74, 6) is 1.53. The molecule has 8 heteroatoms. The summed E-state index contributed by atoms with van der Waals surface area (Å²) in [6.07, 6.45) is 3.48. The summed E-state index contributed by atoms with van der Waals surface area (Å²) in [7, 11) is 3.87. The molecule has 0 bridgehead atoms. The van der Waals surface area contributed by atoms with Crippen molar-refractivity contribution in [2.24, 2.45) is 0 Å². The molecule has 0 amide bonds. The molecule has 0 spiro atoms. The number of aromatic nitrogens is 5. The second kappa shape index (κ2) is 6.98. The molecule has 0 aliphatic rings. The van der Waals surface area contributed by atoms with Crippen LogP contribution < -0.4 is 10.6 Å². The van der Waals surface area contributed by atoms with E-state index in [2.05, 4.69) is 56.5 Å². The van der Waals surface area contributed by atoms with Crippen LogP contribution in [-0.2, 0) is 0 Å². The highest BCUT2D eigenvalue weighted by Crippen LogP contribution is 2.08. The number of anilines is 2. The molecular formula is C13H22N8. The Kier molecular flexibility index (Phi) is 5.04. The second-order valence-corrected chi connectivity index (χ2v) is 4.98. The third-order valence-electron chi connectivity index (χ3n) is 3.19. The molecule has 0 saturated heterocycles. The molecule has 0 aromatic carbocycles. The van der Waals surface area contributed by atoms with Crippen LogP contribution in [-0.4, -0.2) is 62.9 Å². The third kappa shape index (κ3) is 4.12. The van der Waals surface area contributed by atoms with Gasteiger partial charge in [-0.25, -0.2) is 4.68 Å². The summed E-state index contributed by atoms with van der Waals surface area (Å²) in [6.45, 7) is 6.01. The van der Waals surface area contributed by atoms with Crippen LogP contribution >= 0.6 is 0 Å². The van der Waals surface area contributed by atoms with Gasteiger partial charge in [-0.3, -0.25) is 0 Å². The van der Waals surface area contributed by atoms with Gasteiger partial charge in [-0.15, -0.1) is 0 Å². The van der Waals surface area contributed by atoms with Crippen LogP contribution in [0.25, 0.3) is 5.95 Å². The van der Waals surface area contributed by atoms with Crippen LogP contribution in [0.15, 0.2) is 18.5 Å². The lowest BCUT2D eigenvalue weighted by molar-refractivity contribution is 0.284. The number of hydrogen-bond acceptors (Lipinski definition) is 7. The molecule has 0 fully saturated rings. The van der Waals surface area contributed by atoms with Crippen molar-refractivity contribution in [2.45, 2.75) is 19.9 Å². The predicted molar refractivity (Wildman–Crippen MR) is 82.8 cm³/mol. The highest BCUT2D eigenvalue weighted by Gasteiger charge is 2.08. The van der Waals surface area contributed by atoms with Gasteiger partial charge >= 0.3 is 0 Å². The molecule has 0 saturated carbocycles. The molecule has 2 aromatic heterocycles. The number of likely N-dealkylation sites (N-methyl/N-ethyl adjacent to an activating group) is 1. The number of nitrogens with zero attached hydrogens (tertiary/aromatic N) is 6. The Labute approximate surface area is 124 Å². The number of nitrogens with one attached hydrogen (secondary N) is 2. The van der Waals surface area contributed by atoms with E-state index in [1.807, 2.05) is 6.07 Å². The molecule has 114 valence electrons. The lowest BCUT2D eigenvalue weighted by Gasteiger charge is -2.20. The zero-order valence-corrected chi connectivity index (χ0v) is 12.9. The van der Waals surface area contributed by atoms with Gasteiger partial charge in [-0.2, -0.15) is 20.1 Å². The zero-order chi connectivity index (χ0) is 15.2. The average molecular weight is 290 g/mol. The van der Waals surface area contributed by atoms with Gasteiger partial charge in [0.1, 0.15) is 0 Å².